The molecule has 0 radical (unpaired) electrons. The first kappa shape index (κ1) is 21.3. The number of benzene rings is 1. The van der Waals surface area contributed by atoms with Gasteiger partial charge >= 0.3 is 11.9 Å². The molecule has 164 valence electrons. The molecule has 0 N–H and O–H groups in total. The maximum Gasteiger partial charge on any atom is 0.333 e. The molecule has 0 bridgehead atoms. The fourth-order valence-corrected chi connectivity index (χ4v) is 4.29. The SMILES string of the molecule is CCN1CCN(CC2=[N+](CC(=O)c3ccccc3)C3C(=O)N(C)C(=O)N(C)C3=N2)CC1. The van der Waals surface area contributed by atoms with E-state index in [2.05, 4.69) is 16.7 Å². The van der Waals surface area contributed by atoms with E-state index in [4.69, 9.17) is 4.99 Å². The molecule has 1 aromatic rings. The summed E-state index contributed by atoms with van der Waals surface area (Å²) < 4.78 is 1.78. The van der Waals surface area contributed by atoms with Gasteiger partial charge < -0.3 is 4.90 Å². The summed E-state index contributed by atoms with van der Waals surface area (Å²) in [5.74, 6) is 0.627. The molecule has 3 aliphatic heterocycles. The second-order valence-corrected chi connectivity index (χ2v) is 8.16. The van der Waals surface area contributed by atoms with Gasteiger partial charge in [-0.3, -0.25) is 24.3 Å². The molecular formula is C22H29N6O3+. The van der Waals surface area contributed by atoms with E-state index >= 15 is 0 Å². The van der Waals surface area contributed by atoms with Crippen molar-refractivity contribution in [2.24, 2.45) is 4.99 Å². The van der Waals surface area contributed by atoms with Crippen molar-refractivity contribution < 1.29 is 19.0 Å². The number of piperazine rings is 1. The van der Waals surface area contributed by atoms with E-state index in [-0.39, 0.29) is 18.2 Å². The fourth-order valence-electron chi connectivity index (χ4n) is 4.29. The Balaban J connectivity index is 1.63. The van der Waals surface area contributed by atoms with Crippen molar-refractivity contribution in [3.8, 4) is 0 Å². The average Bonchev–Trinajstić information content (AvgIpc) is 3.15. The van der Waals surface area contributed by atoms with Gasteiger partial charge in [0.05, 0.1) is 0 Å². The first-order valence-corrected chi connectivity index (χ1v) is 10.7. The van der Waals surface area contributed by atoms with Crippen molar-refractivity contribution in [3.05, 3.63) is 35.9 Å². The van der Waals surface area contributed by atoms with E-state index < -0.39 is 12.1 Å². The van der Waals surface area contributed by atoms with E-state index in [0.29, 0.717) is 23.8 Å². The van der Waals surface area contributed by atoms with Crippen LogP contribution in [0.4, 0.5) is 4.79 Å². The zero-order valence-electron chi connectivity index (χ0n) is 18.3. The highest BCUT2D eigenvalue weighted by Crippen LogP contribution is 2.20. The molecule has 9 heteroatoms. The summed E-state index contributed by atoms with van der Waals surface area (Å²) in [7, 11) is 3.09. The molecule has 0 aliphatic carbocycles. The Morgan fingerprint density at radius 2 is 1.68 bits per heavy atom. The lowest BCUT2D eigenvalue weighted by molar-refractivity contribution is -0.523. The van der Waals surface area contributed by atoms with Crippen LogP contribution in [0.15, 0.2) is 35.3 Å². The predicted molar refractivity (Wildman–Crippen MR) is 117 cm³/mol. The highest BCUT2D eigenvalue weighted by atomic mass is 16.2. The number of imide groups is 1. The number of hydrogen-bond acceptors (Lipinski definition) is 6. The van der Waals surface area contributed by atoms with E-state index in [1.807, 2.05) is 18.2 Å². The van der Waals surface area contributed by atoms with Gasteiger partial charge in [0, 0.05) is 45.8 Å². The minimum atomic E-state index is -0.757. The Kier molecular flexibility index (Phi) is 5.97. The zero-order valence-corrected chi connectivity index (χ0v) is 18.3. The molecule has 3 aliphatic rings. The smallest absolute Gasteiger partial charge is 0.301 e. The van der Waals surface area contributed by atoms with Crippen molar-refractivity contribution in [2.45, 2.75) is 13.0 Å². The van der Waals surface area contributed by atoms with E-state index in [0.717, 1.165) is 37.6 Å². The van der Waals surface area contributed by atoms with Crippen LogP contribution in [0, 0.1) is 0 Å². The quantitative estimate of drug-likeness (QED) is 0.481. The molecule has 1 atom stereocenters. The second kappa shape index (κ2) is 8.68. The van der Waals surface area contributed by atoms with Gasteiger partial charge in [-0.25, -0.2) is 9.37 Å². The van der Waals surface area contributed by atoms with Crippen LogP contribution in [0.3, 0.4) is 0 Å². The summed E-state index contributed by atoms with van der Waals surface area (Å²) >= 11 is 0. The molecule has 0 aromatic heterocycles. The van der Waals surface area contributed by atoms with Gasteiger partial charge in [-0.05, 0) is 11.5 Å². The Morgan fingerprint density at radius 1 is 1.03 bits per heavy atom. The Bertz CT molecular complexity index is 949. The van der Waals surface area contributed by atoms with Crippen molar-refractivity contribution in [2.75, 3.05) is 59.9 Å². The number of urea groups is 1. The highest BCUT2D eigenvalue weighted by molar-refractivity contribution is 6.23. The molecule has 1 unspecified atom stereocenters. The van der Waals surface area contributed by atoms with Crippen LogP contribution in [-0.2, 0) is 4.79 Å². The van der Waals surface area contributed by atoms with Gasteiger partial charge in [0.2, 0.25) is 5.78 Å². The minimum Gasteiger partial charge on any atom is -0.301 e. The third kappa shape index (κ3) is 4.03. The normalized spacial score (nSPS) is 22.8. The number of likely N-dealkylation sites (N-methyl/N-ethyl adjacent to an activating group) is 3. The predicted octanol–water partition coefficient (Wildman–Crippen LogP) is 0.222. The number of Topliss-reactive ketones (excluding diaryl/α,β-unsaturated/α-hetero) is 1. The van der Waals surface area contributed by atoms with Crippen molar-refractivity contribution >= 4 is 29.4 Å². The summed E-state index contributed by atoms with van der Waals surface area (Å²) in [6.07, 6.45) is 0. The maximum absolute atomic E-state index is 13.0. The van der Waals surface area contributed by atoms with E-state index in [9.17, 15) is 14.4 Å². The first-order valence-electron chi connectivity index (χ1n) is 10.7. The van der Waals surface area contributed by atoms with Gasteiger partial charge in [-0.15, -0.1) is 0 Å². The van der Waals surface area contributed by atoms with Crippen molar-refractivity contribution in [3.63, 3.8) is 0 Å². The molecule has 31 heavy (non-hydrogen) atoms. The number of amidine groups is 2. The molecule has 2 saturated heterocycles. The summed E-state index contributed by atoms with van der Waals surface area (Å²) in [5.41, 5.74) is 0.591. The number of fused-ring (bicyclic) bond motifs is 1. The summed E-state index contributed by atoms with van der Waals surface area (Å²) in [6, 6.07) is 7.88. The Labute approximate surface area is 182 Å². The summed E-state index contributed by atoms with van der Waals surface area (Å²) in [5, 5.41) is 0. The number of ketones is 1. The molecule has 1 aromatic carbocycles. The lowest BCUT2D eigenvalue weighted by atomic mass is 10.1. The van der Waals surface area contributed by atoms with Gasteiger partial charge in [-0.1, -0.05) is 37.3 Å². The van der Waals surface area contributed by atoms with Crippen LogP contribution in [-0.4, -0.2) is 120 Å². The first-order chi connectivity index (χ1) is 14.9. The molecule has 9 nitrogen and oxygen atoms in total. The van der Waals surface area contributed by atoms with Crippen LogP contribution >= 0.6 is 0 Å². The second-order valence-electron chi connectivity index (χ2n) is 8.16. The maximum atomic E-state index is 13.0. The van der Waals surface area contributed by atoms with Crippen LogP contribution in [0.5, 0.6) is 0 Å². The minimum absolute atomic E-state index is 0.0353. The number of carbonyl (C=O) groups is 3. The number of hydrogen-bond donors (Lipinski definition) is 0. The average molecular weight is 426 g/mol. The molecule has 2 fully saturated rings. The Morgan fingerprint density at radius 3 is 2.32 bits per heavy atom. The molecule has 0 saturated carbocycles. The molecule has 4 rings (SSSR count). The summed E-state index contributed by atoms with van der Waals surface area (Å²) in [4.78, 5) is 50.3. The molecular weight excluding hydrogens is 396 g/mol. The van der Waals surface area contributed by atoms with Crippen LogP contribution in [0.1, 0.15) is 17.3 Å². The lowest BCUT2D eigenvalue weighted by Crippen LogP contribution is -2.62. The van der Waals surface area contributed by atoms with Gasteiger partial charge in [0.1, 0.15) is 13.1 Å². The monoisotopic (exact) mass is 425 g/mol. The number of rotatable bonds is 6. The Hall–Kier alpha value is -2.91. The van der Waals surface area contributed by atoms with E-state index in [1.54, 1.807) is 23.8 Å². The summed E-state index contributed by atoms with van der Waals surface area (Å²) in [6.45, 7) is 7.52. The fraction of sp³-hybridized carbons (Fsp3) is 0.500. The number of nitrogens with zero attached hydrogens (tertiary/aromatic N) is 6. The van der Waals surface area contributed by atoms with E-state index in [1.165, 1.54) is 11.9 Å². The third-order valence-electron chi connectivity index (χ3n) is 6.30. The topological polar surface area (TPSA) is 79.5 Å². The zero-order chi connectivity index (χ0) is 22.1. The van der Waals surface area contributed by atoms with Crippen molar-refractivity contribution in [1.29, 1.82) is 0 Å². The lowest BCUT2D eigenvalue weighted by Gasteiger charge is -2.33. The van der Waals surface area contributed by atoms with Gasteiger partial charge in [0.15, 0.2) is 0 Å². The number of aliphatic imine (C=N–C) groups is 1. The third-order valence-corrected chi connectivity index (χ3v) is 6.30. The highest BCUT2D eigenvalue weighted by Gasteiger charge is 2.53. The largest absolute Gasteiger partial charge is 0.333 e. The van der Waals surface area contributed by atoms with Gasteiger partial charge in [-0.2, -0.15) is 0 Å². The van der Waals surface area contributed by atoms with Crippen LogP contribution in [0.2, 0.25) is 0 Å². The number of carbonyl (C=O) groups excluding carboxylic acids is 3. The molecule has 3 amide bonds. The standard InChI is InChI=1S/C22H29N6O3/c1-4-26-10-12-27(13-11-26)15-18-23-20-19(21(30)25(3)22(31)24(20)2)28(18)14-17(29)16-8-6-5-7-9-16/h5-9,19H,4,10-15H2,1-3H3/q+1. The van der Waals surface area contributed by atoms with Crippen LogP contribution in [0.25, 0.3) is 0 Å². The van der Waals surface area contributed by atoms with Gasteiger partial charge in [0.25, 0.3) is 17.8 Å². The van der Waals surface area contributed by atoms with Crippen LogP contribution < -0.4 is 0 Å². The molecule has 0 spiro atoms. The molecule has 3 heterocycles. The number of amides is 3. The van der Waals surface area contributed by atoms with Crippen molar-refractivity contribution in [1.82, 2.24) is 19.6 Å².